The molecule has 1 unspecified atom stereocenters. The van der Waals surface area contributed by atoms with Crippen LogP contribution in [0.1, 0.15) is 14.7 Å². The van der Waals surface area contributed by atoms with Gasteiger partial charge in [0.25, 0.3) is 0 Å². The van der Waals surface area contributed by atoms with Crippen LogP contribution in [-0.4, -0.2) is 75.4 Å². The molecule has 0 bridgehead atoms. The first-order valence-electron chi connectivity index (χ1n) is 6.72. The molecule has 1 fully saturated rings. The van der Waals surface area contributed by atoms with Gasteiger partial charge in [0.15, 0.2) is 6.10 Å². The molecular formula is C11H20N2O7. The molecule has 1 saturated heterocycles. The van der Waals surface area contributed by atoms with E-state index in [4.69, 9.17) is 22.1 Å². The second-order valence-electron chi connectivity index (χ2n) is 4.66. The summed E-state index contributed by atoms with van der Waals surface area (Å²) < 4.78 is 12.1. The summed E-state index contributed by atoms with van der Waals surface area (Å²) in [6, 6.07) is -1.82. The molecule has 7 N–H and O–H groups in total. The summed E-state index contributed by atoms with van der Waals surface area (Å²) in [4.78, 5) is 22.3. The Labute approximate surface area is 116 Å². The number of hydrogen-bond donors (Lipinski definition) is 6. The summed E-state index contributed by atoms with van der Waals surface area (Å²) in [7, 11) is 0. The van der Waals surface area contributed by atoms with Gasteiger partial charge in [-0.25, -0.2) is 4.79 Å². The van der Waals surface area contributed by atoms with Crippen LogP contribution in [0.4, 0.5) is 0 Å². The molecular weight excluding hydrogens is 272 g/mol. The number of amides is 1. The predicted octanol–water partition coefficient (Wildman–Crippen LogP) is -3.23. The average Bonchev–Trinajstić information content (AvgIpc) is 2.46. The number of carbonyl (C=O) groups is 2. The fourth-order valence-corrected chi connectivity index (χ4v) is 2.12. The van der Waals surface area contributed by atoms with E-state index in [9.17, 15) is 19.8 Å². The Kier molecular flexibility index (Phi) is 5.26. The van der Waals surface area contributed by atoms with Crippen molar-refractivity contribution in [1.82, 2.24) is 5.32 Å². The number of aliphatic hydroxyl groups excluding tert-OH is 3. The molecule has 1 rings (SSSR count). The van der Waals surface area contributed by atoms with Gasteiger partial charge < -0.3 is 36.2 Å². The van der Waals surface area contributed by atoms with E-state index in [1.54, 1.807) is 0 Å². The van der Waals surface area contributed by atoms with E-state index in [-0.39, 0.29) is 6.42 Å². The Morgan fingerprint density at radius 1 is 1.55 bits per heavy atom. The number of carboxylic acid groups (broad SMARTS) is 1. The number of aliphatic carboxylic acids is 1. The van der Waals surface area contributed by atoms with Gasteiger partial charge in [-0.3, -0.25) is 4.79 Å². The normalized spacial score (nSPS) is 33.9. The number of carboxylic acids is 1. The maximum Gasteiger partial charge on any atom is 0.332 e. The maximum absolute atomic E-state index is 11.3. The van der Waals surface area contributed by atoms with Crippen LogP contribution in [0.5, 0.6) is 0 Å². The van der Waals surface area contributed by atoms with E-state index in [0.29, 0.717) is 0 Å². The largest absolute Gasteiger partial charge is 0.479 e. The van der Waals surface area contributed by atoms with Crippen LogP contribution in [0.3, 0.4) is 0 Å². The summed E-state index contributed by atoms with van der Waals surface area (Å²) >= 11 is 0. The molecule has 20 heavy (non-hydrogen) atoms. The molecule has 0 aromatic rings. The highest BCUT2D eigenvalue weighted by Gasteiger charge is 2.45. The zero-order chi connectivity index (χ0) is 16.2. The highest BCUT2D eigenvalue weighted by Crippen LogP contribution is 2.23. The predicted molar refractivity (Wildman–Crippen MR) is 65.6 cm³/mol. The van der Waals surface area contributed by atoms with Crippen molar-refractivity contribution in [3.8, 4) is 0 Å². The summed E-state index contributed by atoms with van der Waals surface area (Å²) in [6.07, 6.45) is -5.93. The maximum atomic E-state index is 11.3. The number of ether oxygens (including phenoxy) is 1. The second kappa shape index (κ2) is 6.95. The van der Waals surface area contributed by atoms with Gasteiger partial charge in [0, 0.05) is 20.7 Å². The Morgan fingerprint density at radius 2 is 2.20 bits per heavy atom. The third kappa shape index (κ3) is 3.87. The van der Waals surface area contributed by atoms with Gasteiger partial charge in [-0.1, -0.05) is 0 Å². The Balaban J connectivity index is 2.95. The van der Waals surface area contributed by atoms with E-state index in [2.05, 4.69) is 5.32 Å². The van der Waals surface area contributed by atoms with Gasteiger partial charge >= 0.3 is 5.97 Å². The van der Waals surface area contributed by atoms with Gasteiger partial charge in [-0.2, -0.15) is 0 Å². The van der Waals surface area contributed by atoms with Crippen LogP contribution in [-0.2, 0) is 14.3 Å². The van der Waals surface area contributed by atoms with Gasteiger partial charge in [0.1, 0.15) is 18.3 Å². The monoisotopic (exact) mass is 293 g/mol. The lowest BCUT2D eigenvalue weighted by Crippen LogP contribution is -2.65. The third-order valence-electron chi connectivity index (χ3n) is 3.14. The van der Waals surface area contributed by atoms with Crippen molar-refractivity contribution >= 4 is 11.9 Å². The number of aliphatic hydroxyl groups is 3. The summed E-state index contributed by atoms with van der Waals surface area (Å²) in [6.45, 7) is -1.34. The van der Waals surface area contributed by atoms with Crippen molar-refractivity contribution in [2.75, 3.05) is 6.61 Å². The molecule has 0 radical (unpaired) electrons. The quantitative estimate of drug-likeness (QED) is 0.308. The van der Waals surface area contributed by atoms with Crippen molar-refractivity contribution in [2.45, 2.75) is 49.8 Å². The number of nitrogens with two attached hydrogens (primary N) is 1. The fourth-order valence-electron chi connectivity index (χ4n) is 2.12. The molecule has 116 valence electrons. The molecule has 0 spiro atoms. The van der Waals surface area contributed by atoms with E-state index in [1.807, 2.05) is 0 Å². The first-order chi connectivity index (χ1) is 9.81. The summed E-state index contributed by atoms with van der Waals surface area (Å²) in [5.41, 5.74) is 5.81. The minimum Gasteiger partial charge on any atom is -0.479 e. The van der Waals surface area contributed by atoms with Crippen LogP contribution in [0.2, 0.25) is 0 Å². The Bertz CT molecular complexity index is 384. The van der Waals surface area contributed by atoms with Crippen molar-refractivity contribution in [3.63, 3.8) is 0 Å². The van der Waals surface area contributed by atoms with Crippen molar-refractivity contribution in [1.29, 1.82) is 0 Å². The van der Waals surface area contributed by atoms with E-state index in [0.717, 1.165) is 0 Å². The Morgan fingerprint density at radius 3 is 2.70 bits per heavy atom. The van der Waals surface area contributed by atoms with Gasteiger partial charge in [0.05, 0.1) is 12.6 Å². The average molecular weight is 293 g/mol. The van der Waals surface area contributed by atoms with Crippen LogP contribution >= 0.6 is 0 Å². The van der Waals surface area contributed by atoms with E-state index >= 15 is 0 Å². The Hall–Kier alpha value is -1.26. The van der Waals surface area contributed by atoms with Crippen LogP contribution in [0.25, 0.3) is 0 Å². The van der Waals surface area contributed by atoms with Gasteiger partial charge in [-0.15, -0.1) is 0 Å². The first-order valence-corrected chi connectivity index (χ1v) is 6.01. The van der Waals surface area contributed by atoms with Gasteiger partial charge in [-0.05, 0) is 0 Å². The molecule has 0 saturated carbocycles. The molecule has 9 heteroatoms. The number of carbonyl (C=O) groups excluding carboxylic acids is 1. The number of rotatable bonds is 5. The van der Waals surface area contributed by atoms with Crippen molar-refractivity contribution in [2.24, 2.45) is 5.73 Å². The van der Waals surface area contributed by atoms with Crippen molar-refractivity contribution < 1.29 is 36.1 Å². The lowest BCUT2D eigenvalue weighted by Gasteiger charge is -2.42. The van der Waals surface area contributed by atoms with Crippen LogP contribution < -0.4 is 11.1 Å². The van der Waals surface area contributed by atoms with Crippen LogP contribution in [0.15, 0.2) is 0 Å². The highest BCUT2D eigenvalue weighted by atomic mass is 16.5. The second-order valence-corrected chi connectivity index (χ2v) is 4.66. The summed E-state index contributed by atoms with van der Waals surface area (Å²) in [5, 5.41) is 39.6. The number of nitrogens with one attached hydrogen (secondary N) is 1. The number of hydrogen-bond acceptors (Lipinski definition) is 7. The summed E-state index contributed by atoms with van der Waals surface area (Å²) in [5.74, 6) is -1.96. The molecule has 1 heterocycles. The van der Waals surface area contributed by atoms with E-state index in [1.165, 1.54) is 0 Å². The third-order valence-corrected chi connectivity index (χ3v) is 3.14. The standard InChI is InChI=1S/C11H20N2O7/c1-4(15)13-8-5(12)2-7(11(18)19)20-10(8)9(17)6(16)3-14/h5-10,14,16-17H,2-3,12H2,1H3,(H,13,15)(H,18,19)/t5-,6+,7?,8+,9+,10+/m0/s1/i1D. The zero-order valence-electron chi connectivity index (χ0n) is 11.7. The molecule has 1 aliphatic rings. The molecule has 1 amide bonds. The lowest BCUT2D eigenvalue weighted by atomic mass is 9.89. The first kappa shape index (κ1) is 15.1. The SMILES string of the molecule is [2H]CC(=O)N[C@H]1[C@H]([C@H](O)[C@H](O)CO)OC(C(=O)O)C[C@@H]1N. The molecule has 0 aromatic carbocycles. The fraction of sp³-hybridized carbons (Fsp3) is 0.818. The minimum atomic E-state index is -1.64. The zero-order valence-corrected chi connectivity index (χ0v) is 10.7. The van der Waals surface area contributed by atoms with E-state index < -0.39 is 61.9 Å². The highest BCUT2D eigenvalue weighted by molar-refractivity contribution is 5.74. The van der Waals surface area contributed by atoms with Crippen molar-refractivity contribution in [3.05, 3.63) is 0 Å². The molecule has 0 aromatic heterocycles. The lowest BCUT2D eigenvalue weighted by molar-refractivity contribution is -0.183. The topological polar surface area (TPSA) is 162 Å². The smallest absolute Gasteiger partial charge is 0.332 e. The molecule has 1 aliphatic heterocycles. The molecule has 6 atom stereocenters. The minimum absolute atomic E-state index is 0.100. The molecule has 0 aliphatic carbocycles. The van der Waals surface area contributed by atoms with Gasteiger partial charge in [0.2, 0.25) is 5.91 Å². The molecule has 9 nitrogen and oxygen atoms in total. The van der Waals surface area contributed by atoms with Crippen LogP contribution in [0, 0.1) is 0 Å².